The molecule has 2 aromatic rings. The van der Waals surface area contributed by atoms with Crippen molar-refractivity contribution >= 4 is 5.91 Å². The van der Waals surface area contributed by atoms with Gasteiger partial charge in [0.25, 0.3) is 0 Å². The van der Waals surface area contributed by atoms with E-state index in [0.29, 0.717) is 24.6 Å². The van der Waals surface area contributed by atoms with Gasteiger partial charge in [-0.1, -0.05) is 17.3 Å². The average Bonchev–Trinajstić information content (AvgIpc) is 3.13. The fourth-order valence-electron chi connectivity index (χ4n) is 3.40. The first-order chi connectivity index (χ1) is 11.8. The standard InChI is InChI=1S/C17H16F3N3O2/c1-23-12(6-7-13(23)24)14-21-15(22-25-14)16(8-9-16)10-2-4-11(5-3-10)17(18,19)20/h2-5,12H,6-9H2,1H3. The number of carbonyl (C=O) groups is 1. The van der Waals surface area contributed by atoms with Crippen LogP contribution in [0.5, 0.6) is 0 Å². The molecule has 1 saturated carbocycles. The first-order valence-electron chi connectivity index (χ1n) is 8.09. The Bertz CT molecular complexity index is 809. The van der Waals surface area contributed by atoms with E-state index in [0.717, 1.165) is 30.5 Å². The summed E-state index contributed by atoms with van der Waals surface area (Å²) >= 11 is 0. The number of aromatic nitrogens is 2. The van der Waals surface area contributed by atoms with Crippen LogP contribution >= 0.6 is 0 Å². The Morgan fingerprint density at radius 2 is 1.92 bits per heavy atom. The summed E-state index contributed by atoms with van der Waals surface area (Å²) in [6, 6.07) is 4.91. The second-order valence-electron chi connectivity index (χ2n) is 6.67. The molecule has 2 heterocycles. The van der Waals surface area contributed by atoms with Crippen LogP contribution in [-0.4, -0.2) is 28.0 Å². The largest absolute Gasteiger partial charge is 0.416 e. The molecule has 2 aliphatic rings. The van der Waals surface area contributed by atoms with Crippen LogP contribution in [0.2, 0.25) is 0 Å². The summed E-state index contributed by atoms with van der Waals surface area (Å²) in [5.41, 5.74) is -0.400. The van der Waals surface area contributed by atoms with Gasteiger partial charge in [0, 0.05) is 13.5 Å². The fourth-order valence-corrected chi connectivity index (χ4v) is 3.40. The van der Waals surface area contributed by atoms with Gasteiger partial charge in [-0.05, 0) is 37.0 Å². The third kappa shape index (κ3) is 2.60. The first-order valence-corrected chi connectivity index (χ1v) is 8.09. The first kappa shape index (κ1) is 16.1. The Morgan fingerprint density at radius 1 is 1.24 bits per heavy atom. The number of nitrogens with zero attached hydrogens (tertiary/aromatic N) is 3. The Hall–Kier alpha value is -2.38. The zero-order valence-electron chi connectivity index (χ0n) is 13.5. The van der Waals surface area contributed by atoms with E-state index in [4.69, 9.17) is 4.52 Å². The molecule has 0 N–H and O–H groups in total. The normalized spacial score (nSPS) is 22.5. The van der Waals surface area contributed by atoms with E-state index in [1.54, 1.807) is 11.9 Å². The number of likely N-dealkylation sites (tertiary alicyclic amines) is 1. The Labute approximate surface area is 141 Å². The van der Waals surface area contributed by atoms with Crippen molar-refractivity contribution in [3.8, 4) is 0 Å². The zero-order chi connectivity index (χ0) is 17.8. The number of carbonyl (C=O) groups excluding carboxylic acids is 1. The lowest BCUT2D eigenvalue weighted by atomic mass is 9.94. The minimum Gasteiger partial charge on any atom is -0.337 e. The minimum atomic E-state index is -4.35. The number of hydrogen-bond donors (Lipinski definition) is 0. The Morgan fingerprint density at radius 3 is 2.44 bits per heavy atom. The maximum atomic E-state index is 12.7. The van der Waals surface area contributed by atoms with Gasteiger partial charge in [0.05, 0.1) is 11.0 Å². The third-order valence-electron chi connectivity index (χ3n) is 5.16. The minimum absolute atomic E-state index is 0.0358. The highest BCUT2D eigenvalue weighted by atomic mass is 19.4. The molecule has 1 amide bonds. The maximum Gasteiger partial charge on any atom is 0.416 e. The molecule has 1 aliphatic heterocycles. The summed E-state index contributed by atoms with van der Waals surface area (Å²) in [6.45, 7) is 0. The number of halogens is 3. The van der Waals surface area contributed by atoms with Crippen LogP contribution < -0.4 is 0 Å². The summed E-state index contributed by atoms with van der Waals surface area (Å²) < 4.78 is 43.5. The lowest BCUT2D eigenvalue weighted by Gasteiger charge is -2.15. The number of alkyl halides is 3. The maximum absolute atomic E-state index is 12.7. The number of rotatable bonds is 3. The van der Waals surface area contributed by atoms with Gasteiger partial charge >= 0.3 is 6.18 Å². The topological polar surface area (TPSA) is 59.2 Å². The van der Waals surface area contributed by atoms with E-state index in [-0.39, 0.29) is 11.9 Å². The lowest BCUT2D eigenvalue weighted by Crippen LogP contribution is -2.22. The molecule has 1 saturated heterocycles. The molecular formula is C17H16F3N3O2. The van der Waals surface area contributed by atoms with Gasteiger partial charge in [-0.2, -0.15) is 18.2 Å². The quantitative estimate of drug-likeness (QED) is 0.850. The lowest BCUT2D eigenvalue weighted by molar-refractivity contribution is -0.137. The van der Waals surface area contributed by atoms with Gasteiger partial charge in [-0.3, -0.25) is 4.79 Å². The summed E-state index contributed by atoms with van der Waals surface area (Å²) in [7, 11) is 1.70. The van der Waals surface area contributed by atoms with Gasteiger partial charge in [-0.15, -0.1) is 0 Å². The highest BCUT2D eigenvalue weighted by Gasteiger charge is 2.50. The van der Waals surface area contributed by atoms with Crippen molar-refractivity contribution in [3.05, 3.63) is 47.1 Å². The summed E-state index contributed by atoms with van der Waals surface area (Å²) in [6.07, 6.45) is -1.76. The fraction of sp³-hybridized carbons (Fsp3) is 0.471. The molecule has 1 unspecified atom stereocenters. The van der Waals surface area contributed by atoms with E-state index in [9.17, 15) is 18.0 Å². The van der Waals surface area contributed by atoms with Gasteiger partial charge in [0.2, 0.25) is 11.8 Å². The Balaban J connectivity index is 1.61. The van der Waals surface area contributed by atoms with Gasteiger partial charge in [0.1, 0.15) is 6.04 Å². The van der Waals surface area contributed by atoms with Crippen LogP contribution in [0.15, 0.2) is 28.8 Å². The highest BCUT2D eigenvalue weighted by Crippen LogP contribution is 2.52. The number of benzene rings is 1. The van der Waals surface area contributed by atoms with Crippen LogP contribution in [0.3, 0.4) is 0 Å². The molecule has 8 heteroatoms. The van der Waals surface area contributed by atoms with Crippen molar-refractivity contribution in [2.24, 2.45) is 0 Å². The molecule has 1 aromatic heterocycles. The van der Waals surface area contributed by atoms with Crippen molar-refractivity contribution < 1.29 is 22.5 Å². The molecule has 132 valence electrons. The summed E-state index contributed by atoms with van der Waals surface area (Å²) in [5, 5.41) is 4.06. The third-order valence-corrected chi connectivity index (χ3v) is 5.16. The van der Waals surface area contributed by atoms with Crippen molar-refractivity contribution in [2.75, 3.05) is 7.05 Å². The molecular weight excluding hydrogens is 335 g/mol. The van der Waals surface area contributed by atoms with Crippen LogP contribution in [0.1, 0.15) is 54.6 Å². The molecule has 0 bridgehead atoms. The predicted octanol–water partition coefficient (Wildman–Crippen LogP) is 3.46. The van der Waals surface area contributed by atoms with Crippen LogP contribution in [0.25, 0.3) is 0 Å². The molecule has 0 radical (unpaired) electrons. The molecule has 1 atom stereocenters. The van der Waals surface area contributed by atoms with Gasteiger partial charge in [-0.25, -0.2) is 0 Å². The van der Waals surface area contributed by atoms with Crippen molar-refractivity contribution in [3.63, 3.8) is 0 Å². The predicted molar refractivity (Wildman–Crippen MR) is 80.5 cm³/mol. The molecule has 1 aromatic carbocycles. The van der Waals surface area contributed by atoms with Crippen molar-refractivity contribution in [2.45, 2.75) is 43.3 Å². The van der Waals surface area contributed by atoms with E-state index < -0.39 is 17.2 Å². The Kier molecular flexibility index (Phi) is 3.42. The molecule has 0 spiro atoms. The monoisotopic (exact) mass is 351 g/mol. The van der Waals surface area contributed by atoms with Crippen LogP contribution in [-0.2, 0) is 16.4 Å². The summed E-state index contributed by atoms with van der Waals surface area (Å²) in [4.78, 5) is 17.7. The van der Waals surface area contributed by atoms with Crippen LogP contribution in [0, 0.1) is 0 Å². The van der Waals surface area contributed by atoms with Crippen molar-refractivity contribution in [1.82, 2.24) is 15.0 Å². The van der Waals surface area contributed by atoms with E-state index >= 15 is 0 Å². The smallest absolute Gasteiger partial charge is 0.337 e. The highest BCUT2D eigenvalue weighted by molar-refractivity contribution is 5.78. The molecule has 1 aliphatic carbocycles. The van der Waals surface area contributed by atoms with Gasteiger partial charge in [0.15, 0.2) is 5.82 Å². The second-order valence-corrected chi connectivity index (χ2v) is 6.67. The molecule has 25 heavy (non-hydrogen) atoms. The van der Waals surface area contributed by atoms with Crippen LogP contribution in [0.4, 0.5) is 13.2 Å². The SMILES string of the molecule is CN1C(=O)CCC1c1nc(C2(c3ccc(C(F)(F)F)cc3)CC2)no1. The molecule has 2 fully saturated rings. The number of hydrogen-bond acceptors (Lipinski definition) is 4. The molecule has 5 nitrogen and oxygen atoms in total. The van der Waals surface area contributed by atoms with Gasteiger partial charge < -0.3 is 9.42 Å². The second kappa shape index (κ2) is 5.31. The summed E-state index contributed by atoms with van der Waals surface area (Å²) in [5.74, 6) is 0.908. The number of amides is 1. The van der Waals surface area contributed by atoms with E-state index in [2.05, 4.69) is 10.1 Å². The van der Waals surface area contributed by atoms with Crippen molar-refractivity contribution in [1.29, 1.82) is 0 Å². The zero-order valence-corrected chi connectivity index (χ0v) is 13.5. The van der Waals surface area contributed by atoms with E-state index in [1.807, 2.05) is 0 Å². The molecule has 4 rings (SSSR count). The average molecular weight is 351 g/mol. The van der Waals surface area contributed by atoms with E-state index in [1.165, 1.54) is 12.1 Å².